The van der Waals surface area contributed by atoms with Gasteiger partial charge in [-0.1, -0.05) is 35.3 Å². The summed E-state index contributed by atoms with van der Waals surface area (Å²) in [6.07, 6.45) is 1.23. The van der Waals surface area contributed by atoms with Crippen molar-refractivity contribution < 1.29 is 9.59 Å². The molecule has 0 saturated carbocycles. The van der Waals surface area contributed by atoms with E-state index in [9.17, 15) is 9.59 Å². The van der Waals surface area contributed by atoms with E-state index in [0.29, 0.717) is 54.8 Å². The van der Waals surface area contributed by atoms with Crippen molar-refractivity contribution in [2.45, 2.75) is 24.9 Å². The van der Waals surface area contributed by atoms with Gasteiger partial charge < -0.3 is 10.2 Å². The first-order chi connectivity index (χ1) is 13.5. The van der Waals surface area contributed by atoms with Crippen molar-refractivity contribution >= 4 is 35.0 Å². The first-order valence-electron chi connectivity index (χ1n) is 9.31. The third kappa shape index (κ3) is 3.62. The lowest BCUT2D eigenvalue weighted by molar-refractivity contribution is -0.129. The summed E-state index contributed by atoms with van der Waals surface area (Å²) in [5, 5.41) is 4.29. The number of piperidine rings is 1. The molecule has 0 radical (unpaired) electrons. The van der Waals surface area contributed by atoms with E-state index in [4.69, 9.17) is 23.2 Å². The summed E-state index contributed by atoms with van der Waals surface area (Å²) in [6, 6.07) is 14.6. The van der Waals surface area contributed by atoms with Crippen molar-refractivity contribution in [2.75, 3.05) is 19.8 Å². The maximum Gasteiger partial charge on any atom is 0.253 e. The number of nitrogens with zero attached hydrogens (tertiary/aromatic N) is 2. The van der Waals surface area contributed by atoms with Crippen LogP contribution < -0.4 is 5.32 Å². The minimum Gasteiger partial charge on any atom is -0.342 e. The lowest BCUT2D eigenvalue weighted by Crippen LogP contribution is -2.56. The largest absolute Gasteiger partial charge is 0.342 e. The van der Waals surface area contributed by atoms with Crippen LogP contribution in [0.1, 0.15) is 28.8 Å². The van der Waals surface area contributed by atoms with Gasteiger partial charge >= 0.3 is 0 Å². The van der Waals surface area contributed by atoms with E-state index >= 15 is 0 Å². The van der Waals surface area contributed by atoms with E-state index in [0.717, 1.165) is 5.56 Å². The molecule has 7 heteroatoms. The average molecular weight is 418 g/mol. The lowest BCUT2D eigenvalue weighted by Gasteiger charge is -2.42. The molecule has 2 aromatic carbocycles. The van der Waals surface area contributed by atoms with E-state index in [1.54, 1.807) is 24.3 Å². The van der Waals surface area contributed by atoms with Crippen molar-refractivity contribution in [3.05, 3.63) is 69.7 Å². The molecule has 4 rings (SSSR count). The van der Waals surface area contributed by atoms with Crippen LogP contribution in [0.15, 0.2) is 48.5 Å². The minimum atomic E-state index is -0.559. The number of nitrogens with one attached hydrogen (secondary N) is 1. The Morgan fingerprint density at radius 1 is 0.964 bits per heavy atom. The zero-order chi connectivity index (χ0) is 19.7. The number of rotatable bonds is 3. The highest BCUT2D eigenvalue weighted by Gasteiger charge is 2.50. The number of carbonyl (C=O) groups is 2. The standard InChI is InChI=1S/C21H21Cl2N3O2/c22-17-5-1-15(2-6-17)13-26-14-24-20(28)21(26)9-11-25(12-10-21)19(27)16-3-7-18(23)8-4-16/h1-8H,9-14H2,(H,24,28). The fraction of sp³-hybridized carbons (Fsp3) is 0.333. The predicted molar refractivity (Wildman–Crippen MR) is 109 cm³/mol. The van der Waals surface area contributed by atoms with E-state index in [1.165, 1.54) is 0 Å². The highest BCUT2D eigenvalue weighted by Crippen LogP contribution is 2.34. The fourth-order valence-corrected chi connectivity index (χ4v) is 4.29. The zero-order valence-electron chi connectivity index (χ0n) is 15.3. The molecule has 0 aromatic heterocycles. The maximum absolute atomic E-state index is 12.8. The summed E-state index contributed by atoms with van der Waals surface area (Å²) < 4.78 is 0. The van der Waals surface area contributed by atoms with Gasteiger partial charge in [0.1, 0.15) is 5.54 Å². The third-order valence-corrected chi connectivity index (χ3v) is 6.22. The van der Waals surface area contributed by atoms with Gasteiger partial charge in [-0.25, -0.2) is 0 Å². The molecule has 5 nitrogen and oxygen atoms in total. The van der Waals surface area contributed by atoms with Crippen LogP contribution in [0.25, 0.3) is 0 Å². The van der Waals surface area contributed by atoms with E-state index in [1.807, 2.05) is 29.2 Å². The number of halogens is 2. The molecule has 0 unspecified atom stereocenters. The summed E-state index contributed by atoms with van der Waals surface area (Å²) >= 11 is 11.9. The summed E-state index contributed by atoms with van der Waals surface area (Å²) in [6.45, 7) is 2.28. The Morgan fingerprint density at radius 2 is 1.54 bits per heavy atom. The van der Waals surface area contributed by atoms with Crippen molar-refractivity contribution in [1.29, 1.82) is 0 Å². The number of hydrogen-bond acceptors (Lipinski definition) is 3. The molecule has 2 aromatic rings. The van der Waals surface area contributed by atoms with Crippen molar-refractivity contribution in [3.8, 4) is 0 Å². The van der Waals surface area contributed by atoms with Gasteiger partial charge in [0, 0.05) is 35.2 Å². The summed E-state index contributed by atoms with van der Waals surface area (Å²) in [5.41, 5.74) is 1.17. The Morgan fingerprint density at radius 3 is 2.14 bits per heavy atom. The van der Waals surface area contributed by atoms with Crippen LogP contribution in [0.4, 0.5) is 0 Å². The van der Waals surface area contributed by atoms with Crippen molar-refractivity contribution in [3.63, 3.8) is 0 Å². The second-order valence-electron chi connectivity index (χ2n) is 7.32. The molecular weight excluding hydrogens is 397 g/mol. The second kappa shape index (κ2) is 7.74. The number of benzene rings is 2. The SMILES string of the molecule is O=C(c1ccc(Cl)cc1)N1CCC2(CC1)C(=O)NCN2Cc1ccc(Cl)cc1. The molecule has 1 N–H and O–H groups in total. The van der Waals surface area contributed by atoms with Crippen LogP contribution in [0.2, 0.25) is 10.0 Å². The molecule has 2 amide bonds. The van der Waals surface area contributed by atoms with Gasteiger partial charge in [0.15, 0.2) is 0 Å². The fourth-order valence-electron chi connectivity index (χ4n) is 4.04. The number of carbonyl (C=O) groups excluding carboxylic acids is 2. The topological polar surface area (TPSA) is 52.7 Å². The molecule has 2 heterocycles. The molecule has 0 bridgehead atoms. The van der Waals surface area contributed by atoms with Gasteiger partial charge in [0.25, 0.3) is 5.91 Å². The average Bonchev–Trinajstić information content (AvgIpc) is 3.00. The van der Waals surface area contributed by atoms with Crippen molar-refractivity contribution in [2.24, 2.45) is 0 Å². The Hall–Kier alpha value is -2.08. The quantitative estimate of drug-likeness (QED) is 0.830. The monoisotopic (exact) mass is 417 g/mol. The summed E-state index contributed by atoms with van der Waals surface area (Å²) in [7, 11) is 0. The normalized spacial score (nSPS) is 19.1. The molecule has 2 aliphatic rings. The van der Waals surface area contributed by atoms with Gasteiger partial charge in [-0.15, -0.1) is 0 Å². The first-order valence-corrected chi connectivity index (χ1v) is 10.1. The van der Waals surface area contributed by atoms with Gasteiger partial charge in [0.05, 0.1) is 6.67 Å². The number of amides is 2. The highest BCUT2D eigenvalue weighted by molar-refractivity contribution is 6.30. The molecule has 1 spiro atoms. The van der Waals surface area contributed by atoms with Crippen LogP contribution in [-0.2, 0) is 11.3 Å². The lowest BCUT2D eigenvalue weighted by atomic mass is 9.85. The number of hydrogen-bond donors (Lipinski definition) is 1. The molecular formula is C21H21Cl2N3O2. The van der Waals surface area contributed by atoms with Crippen LogP contribution in [0.5, 0.6) is 0 Å². The predicted octanol–water partition coefficient (Wildman–Crippen LogP) is 3.56. The minimum absolute atomic E-state index is 0.0193. The van der Waals surface area contributed by atoms with E-state index < -0.39 is 5.54 Å². The van der Waals surface area contributed by atoms with Crippen LogP contribution in [0, 0.1) is 0 Å². The molecule has 146 valence electrons. The summed E-state index contributed by atoms with van der Waals surface area (Å²) in [4.78, 5) is 29.5. The Balaban J connectivity index is 1.46. The maximum atomic E-state index is 12.8. The van der Waals surface area contributed by atoms with Gasteiger partial charge in [-0.05, 0) is 54.8 Å². The highest BCUT2D eigenvalue weighted by atomic mass is 35.5. The molecule has 2 saturated heterocycles. The van der Waals surface area contributed by atoms with Crippen LogP contribution in [0.3, 0.4) is 0 Å². The van der Waals surface area contributed by atoms with Crippen molar-refractivity contribution in [1.82, 2.24) is 15.1 Å². The summed E-state index contributed by atoms with van der Waals surface area (Å²) in [5.74, 6) is 0.0363. The Bertz CT molecular complexity index is 876. The second-order valence-corrected chi connectivity index (χ2v) is 8.19. The van der Waals surface area contributed by atoms with Gasteiger partial charge in [-0.3, -0.25) is 14.5 Å². The van der Waals surface area contributed by atoms with Gasteiger partial charge in [-0.2, -0.15) is 0 Å². The Labute approximate surface area is 174 Å². The van der Waals surface area contributed by atoms with E-state index in [-0.39, 0.29) is 11.8 Å². The smallest absolute Gasteiger partial charge is 0.253 e. The van der Waals surface area contributed by atoms with Crippen LogP contribution in [-0.4, -0.2) is 46.9 Å². The molecule has 28 heavy (non-hydrogen) atoms. The molecule has 0 aliphatic carbocycles. The molecule has 2 fully saturated rings. The zero-order valence-corrected chi connectivity index (χ0v) is 16.8. The van der Waals surface area contributed by atoms with Crippen LogP contribution >= 0.6 is 23.2 Å². The number of likely N-dealkylation sites (tertiary alicyclic amines) is 1. The van der Waals surface area contributed by atoms with E-state index in [2.05, 4.69) is 10.2 Å². The third-order valence-electron chi connectivity index (χ3n) is 5.71. The molecule has 2 aliphatic heterocycles. The Kier molecular flexibility index (Phi) is 5.32. The first kappa shape index (κ1) is 19.2. The van der Waals surface area contributed by atoms with Gasteiger partial charge in [0.2, 0.25) is 5.91 Å². The molecule has 0 atom stereocenters.